The highest BCUT2D eigenvalue weighted by atomic mass is 16.7. The second-order valence-corrected chi connectivity index (χ2v) is 7.16. The molecule has 0 radical (unpaired) electrons. The Labute approximate surface area is 156 Å². The number of hydrogen-bond donors (Lipinski definition) is 1. The fourth-order valence-corrected chi connectivity index (χ4v) is 4.28. The molecular formula is C21H20N2O4. The molecule has 6 nitrogen and oxygen atoms in total. The van der Waals surface area contributed by atoms with Crippen LogP contribution in [0.1, 0.15) is 30.0 Å². The maximum Gasteiger partial charge on any atom is 0.257 e. The number of benzene rings is 1. The zero-order chi connectivity index (χ0) is 18.8. The molecule has 1 unspecified atom stereocenters. The van der Waals surface area contributed by atoms with Crippen LogP contribution in [0.5, 0.6) is 0 Å². The molecule has 0 aliphatic carbocycles. The molecule has 2 aromatic heterocycles. The summed E-state index contributed by atoms with van der Waals surface area (Å²) in [6, 6.07) is 11.9. The number of para-hydroxylation sites is 1. The number of pyridine rings is 2. The van der Waals surface area contributed by atoms with Crippen molar-refractivity contribution in [3.63, 3.8) is 0 Å². The molecule has 27 heavy (non-hydrogen) atoms. The number of fused-ring (bicyclic) bond motifs is 5. The second-order valence-electron chi connectivity index (χ2n) is 7.16. The van der Waals surface area contributed by atoms with E-state index in [4.69, 9.17) is 14.5 Å². The molecule has 3 aromatic rings. The van der Waals surface area contributed by atoms with Crippen molar-refractivity contribution in [2.24, 2.45) is 0 Å². The molecule has 4 heterocycles. The molecule has 2 atom stereocenters. The first-order valence-corrected chi connectivity index (χ1v) is 9.10. The van der Waals surface area contributed by atoms with Gasteiger partial charge in [-0.15, -0.1) is 0 Å². The number of ether oxygens (including phenoxy) is 2. The molecule has 2 aliphatic heterocycles. The molecule has 0 saturated carbocycles. The summed E-state index contributed by atoms with van der Waals surface area (Å²) in [5.74, 6) is 0. The van der Waals surface area contributed by atoms with E-state index in [2.05, 4.69) is 6.07 Å². The highest BCUT2D eigenvalue weighted by Gasteiger charge is 2.45. The van der Waals surface area contributed by atoms with Gasteiger partial charge in [-0.1, -0.05) is 25.1 Å². The van der Waals surface area contributed by atoms with Crippen molar-refractivity contribution in [3.8, 4) is 11.4 Å². The Morgan fingerprint density at radius 2 is 2.19 bits per heavy atom. The van der Waals surface area contributed by atoms with E-state index in [1.165, 1.54) is 7.11 Å². The Bertz CT molecular complexity index is 1140. The minimum absolute atomic E-state index is 0.126. The van der Waals surface area contributed by atoms with Crippen LogP contribution >= 0.6 is 0 Å². The maximum absolute atomic E-state index is 13.2. The van der Waals surface area contributed by atoms with Crippen LogP contribution in [0.4, 0.5) is 0 Å². The molecule has 0 fully saturated rings. The number of hydrogen-bond acceptors (Lipinski definition) is 5. The van der Waals surface area contributed by atoms with Gasteiger partial charge in [0.05, 0.1) is 30.1 Å². The summed E-state index contributed by atoms with van der Waals surface area (Å²) in [5.41, 5.74) is 3.02. The molecular weight excluding hydrogens is 344 g/mol. The number of nitrogens with zero attached hydrogens (tertiary/aromatic N) is 2. The Kier molecular flexibility index (Phi) is 3.53. The quantitative estimate of drug-likeness (QED) is 0.592. The van der Waals surface area contributed by atoms with Crippen molar-refractivity contribution >= 4 is 10.9 Å². The van der Waals surface area contributed by atoms with Crippen LogP contribution in [0.25, 0.3) is 22.3 Å². The molecule has 6 heteroatoms. The minimum Gasteiger partial charge on any atom is -0.380 e. The van der Waals surface area contributed by atoms with Crippen LogP contribution < -0.4 is 5.56 Å². The van der Waals surface area contributed by atoms with E-state index in [-0.39, 0.29) is 12.2 Å². The average Bonchev–Trinajstić information content (AvgIpc) is 3.05. The Morgan fingerprint density at radius 3 is 2.96 bits per heavy atom. The molecule has 138 valence electrons. The van der Waals surface area contributed by atoms with E-state index in [1.807, 2.05) is 37.3 Å². The Morgan fingerprint density at radius 1 is 1.37 bits per heavy atom. The summed E-state index contributed by atoms with van der Waals surface area (Å²) in [5, 5.41) is 12.3. The lowest BCUT2D eigenvalue weighted by atomic mass is 9.85. The lowest BCUT2D eigenvalue weighted by Crippen LogP contribution is -2.48. The van der Waals surface area contributed by atoms with E-state index in [9.17, 15) is 9.90 Å². The van der Waals surface area contributed by atoms with Gasteiger partial charge in [0.2, 0.25) is 0 Å². The van der Waals surface area contributed by atoms with Gasteiger partial charge in [-0.3, -0.25) is 4.79 Å². The van der Waals surface area contributed by atoms with Gasteiger partial charge in [-0.05, 0) is 24.6 Å². The Balaban J connectivity index is 1.78. The monoisotopic (exact) mass is 364 g/mol. The second kappa shape index (κ2) is 5.73. The average molecular weight is 364 g/mol. The van der Waals surface area contributed by atoms with Gasteiger partial charge >= 0.3 is 0 Å². The molecule has 0 bridgehead atoms. The summed E-state index contributed by atoms with van der Waals surface area (Å²) in [6.07, 6.45) is -0.428. The van der Waals surface area contributed by atoms with Crippen LogP contribution in [0.2, 0.25) is 0 Å². The Hall–Kier alpha value is -2.54. The summed E-state index contributed by atoms with van der Waals surface area (Å²) in [7, 11) is 1.50. The SMILES string of the molecule is CC[C@]1(O)c2cc3n(c(=O)c2COC1OC)Cc1cc2ccccc2nc1-3. The van der Waals surface area contributed by atoms with E-state index in [1.54, 1.807) is 4.57 Å². The summed E-state index contributed by atoms with van der Waals surface area (Å²) >= 11 is 0. The van der Waals surface area contributed by atoms with Crippen LogP contribution in [-0.2, 0) is 28.2 Å². The third-order valence-corrected chi connectivity index (χ3v) is 5.76. The molecule has 1 aromatic carbocycles. The minimum atomic E-state index is -1.36. The fourth-order valence-electron chi connectivity index (χ4n) is 4.28. The maximum atomic E-state index is 13.2. The van der Waals surface area contributed by atoms with Gasteiger partial charge in [0.25, 0.3) is 5.56 Å². The molecule has 0 saturated heterocycles. The number of aliphatic hydroxyl groups is 1. The molecule has 0 amide bonds. The molecule has 5 rings (SSSR count). The highest BCUT2D eigenvalue weighted by Crippen LogP contribution is 2.40. The first-order chi connectivity index (χ1) is 13.1. The molecule has 2 aliphatic rings. The van der Waals surface area contributed by atoms with Crippen LogP contribution in [0.3, 0.4) is 0 Å². The number of aromatic nitrogens is 2. The normalized spacial score (nSPS) is 23.1. The standard InChI is InChI=1S/C21H20N2O4/c1-3-21(25)15-9-17-18-13(8-12-6-4-5-7-16(12)22-18)10-23(17)19(24)14(15)11-27-20(21)26-2/h4-9,20,25H,3,10-11H2,1-2H3/t20?,21-/m0/s1. The summed E-state index contributed by atoms with van der Waals surface area (Å²) in [6.45, 7) is 2.46. The van der Waals surface area contributed by atoms with E-state index >= 15 is 0 Å². The predicted molar refractivity (Wildman–Crippen MR) is 100 cm³/mol. The van der Waals surface area contributed by atoms with Crippen LogP contribution in [0.15, 0.2) is 41.2 Å². The van der Waals surface area contributed by atoms with Gasteiger partial charge in [0.15, 0.2) is 6.29 Å². The number of methoxy groups -OCH3 is 1. The van der Waals surface area contributed by atoms with Crippen molar-refractivity contribution in [2.75, 3.05) is 7.11 Å². The van der Waals surface area contributed by atoms with Crippen LogP contribution in [-0.4, -0.2) is 28.1 Å². The van der Waals surface area contributed by atoms with Crippen LogP contribution in [0, 0.1) is 0 Å². The molecule has 1 N–H and O–H groups in total. The zero-order valence-electron chi connectivity index (χ0n) is 15.2. The highest BCUT2D eigenvalue weighted by molar-refractivity contribution is 5.84. The molecule has 0 spiro atoms. The van der Waals surface area contributed by atoms with E-state index in [0.29, 0.717) is 24.1 Å². The zero-order valence-corrected chi connectivity index (χ0v) is 15.2. The van der Waals surface area contributed by atoms with Crippen molar-refractivity contribution in [1.29, 1.82) is 0 Å². The lowest BCUT2D eigenvalue weighted by Gasteiger charge is -2.39. The summed E-state index contributed by atoms with van der Waals surface area (Å²) in [4.78, 5) is 18.0. The van der Waals surface area contributed by atoms with Crippen molar-refractivity contribution in [1.82, 2.24) is 9.55 Å². The van der Waals surface area contributed by atoms with Crippen molar-refractivity contribution in [2.45, 2.75) is 38.4 Å². The van der Waals surface area contributed by atoms with Gasteiger partial charge in [0, 0.05) is 29.2 Å². The fraction of sp³-hybridized carbons (Fsp3) is 0.333. The predicted octanol–water partition coefficient (Wildman–Crippen LogP) is 2.53. The number of rotatable bonds is 2. The van der Waals surface area contributed by atoms with Gasteiger partial charge < -0.3 is 19.1 Å². The third-order valence-electron chi connectivity index (χ3n) is 5.76. The third kappa shape index (κ3) is 2.18. The summed E-state index contributed by atoms with van der Waals surface area (Å²) < 4.78 is 12.7. The first kappa shape index (κ1) is 16.6. The smallest absolute Gasteiger partial charge is 0.257 e. The first-order valence-electron chi connectivity index (χ1n) is 9.10. The van der Waals surface area contributed by atoms with Gasteiger partial charge in [0.1, 0.15) is 5.60 Å². The largest absolute Gasteiger partial charge is 0.380 e. The van der Waals surface area contributed by atoms with E-state index in [0.717, 1.165) is 27.9 Å². The van der Waals surface area contributed by atoms with Crippen molar-refractivity contribution in [3.05, 3.63) is 63.4 Å². The van der Waals surface area contributed by atoms with E-state index < -0.39 is 11.9 Å². The van der Waals surface area contributed by atoms with Crippen molar-refractivity contribution < 1.29 is 14.6 Å². The topological polar surface area (TPSA) is 73.6 Å². The lowest BCUT2D eigenvalue weighted by molar-refractivity contribution is -0.249. The van der Waals surface area contributed by atoms with Gasteiger partial charge in [-0.2, -0.15) is 0 Å². The van der Waals surface area contributed by atoms with Gasteiger partial charge in [-0.25, -0.2) is 4.98 Å².